The van der Waals surface area contributed by atoms with Crippen molar-refractivity contribution in [2.75, 3.05) is 5.32 Å². The zero-order valence-electron chi connectivity index (χ0n) is 16.2. The van der Waals surface area contributed by atoms with Gasteiger partial charge in [0.2, 0.25) is 11.8 Å². The number of nitrogens with one attached hydrogen (secondary N) is 3. The molecule has 1 aromatic carbocycles. The first-order chi connectivity index (χ1) is 13.7. The summed E-state index contributed by atoms with van der Waals surface area (Å²) in [6.45, 7) is 0. The second-order valence-electron chi connectivity index (χ2n) is 7.91. The number of amides is 2. The Morgan fingerprint density at radius 1 is 1.04 bits per heavy atom. The topological polar surface area (TPSA) is 86.9 Å². The summed E-state index contributed by atoms with van der Waals surface area (Å²) in [5, 5.41) is 6.24. The van der Waals surface area contributed by atoms with Crippen molar-refractivity contribution >= 4 is 17.5 Å². The van der Waals surface area contributed by atoms with Crippen LogP contribution in [0, 0.1) is 5.92 Å². The van der Waals surface area contributed by atoms with Gasteiger partial charge >= 0.3 is 0 Å². The molecular formula is C22H28N4O2. The molecule has 1 fully saturated rings. The second-order valence-corrected chi connectivity index (χ2v) is 7.91. The highest BCUT2D eigenvalue weighted by Gasteiger charge is 2.26. The zero-order valence-corrected chi connectivity index (χ0v) is 16.2. The van der Waals surface area contributed by atoms with Gasteiger partial charge in [-0.3, -0.25) is 9.59 Å². The van der Waals surface area contributed by atoms with E-state index in [0.29, 0.717) is 6.42 Å². The molecule has 2 heterocycles. The highest BCUT2D eigenvalue weighted by Crippen LogP contribution is 2.30. The molecule has 1 aliphatic heterocycles. The van der Waals surface area contributed by atoms with E-state index in [4.69, 9.17) is 4.98 Å². The third-order valence-corrected chi connectivity index (χ3v) is 5.84. The molecule has 0 radical (unpaired) electrons. The highest BCUT2D eigenvalue weighted by molar-refractivity contribution is 5.95. The second kappa shape index (κ2) is 8.59. The summed E-state index contributed by atoms with van der Waals surface area (Å²) in [6.07, 6.45) is 10.2. The van der Waals surface area contributed by atoms with Crippen LogP contribution in [0.2, 0.25) is 0 Å². The number of carbonyl (C=O) groups is 2. The Balaban J connectivity index is 1.59. The third-order valence-electron chi connectivity index (χ3n) is 5.84. The molecule has 6 nitrogen and oxygen atoms in total. The number of nitrogens with zero attached hydrogens (tertiary/aromatic N) is 1. The number of aromatic amines is 1. The number of imidazole rings is 1. The van der Waals surface area contributed by atoms with Crippen LogP contribution in [0.15, 0.2) is 30.5 Å². The van der Waals surface area contributed by atoms with Crippen molar-refractivity contribution in [3.63, 3.8) is 0 Å². The number of carbonyl (C=O) groups excluding carboxylic acids is 2. The summed E-state index contributed by atoms with van der Waals surface area (Å²) in [6, 6.07) is 7.56. The van der Waals surface area contributed by atoms with Crippen LogP contribution in [0.25, 0.3) is 11.3 Å². The monoisotopic (exact) mass is 380 g/mol. The molecule has 1 aliphatic carbocycles. The molecule has 0 saturated heterocycles. The van der Waals surface area contributed by atoms with Crippen LogP contribution in [0.5, 0.6) is 0 Å². The van der Waals surface area contributed by atoms with Gasteiger partial charge in [0.15, 0.2) is 0 Å². The number of H-pyrrole nitrogens is 1. The fourth-order valence-corrected chi connectivity index (χ4v) is 4.25. The van der Waals surface area contributed by atoms with Crippen LogP contribution in [-0.2, 0) is 9.59 Å². The summed E-state index contributed by atoms with van der Waals surface area (Å²) in [4.78, 5) is 33.1. The number of benzene rings is 1. The Kier molecular flexibility index (Phi) is 5.74. The number of aromatic nitrogens is 2. The van der Waals surface area contributed by atoms with Crippen molar-refractivity contribution in [2.45, 2.75) is 63.8 Å². The van der Waals surface area contributed by atoms with Crippen LogP contribution >= 0.6 is 0 Å². The van der Waals surface area contributed by atoms with Gasteiger partial charge in [-0.1, -0.05) is 43.9 Å². The van der Waals surface area contributed by atoms with Gasteiger partial charge in [0, 0.05) is 24.1 Å². The van der Waals surface area contributed by atoms with Gasteiger partial charge in [0.25, 0.3) is 0 Å². The first kappa shape index (κ1) is 18.7. The molecule has 6 heteroatoms. The van der Waals surface area contributed by atoms with Gasteiger partial charge in [0.05, 0.1) is 17.4 Å². The van der Waals surface area contributed by atoms with E-state index in [1.54, 1.807) is 0 Å². The van der Waals surface area contributed by atoms with Gasteiger partial charge in [-0.05, 0) is 31.7 Å². The maximum Gasteiger partial charge on any atom is 0.224 e. The van der Waals surface area contributed by atoms with Crippen molar-refractivity contribution in [1.29, 1.82) is 0 Å². The van der Waals surface area contributed by atoms with E-state index in [1.165, 1.54) is 6.42 Å². The standard InChI is InChI=1S/C22H28N4O2/c27-20-13-7-6-12-18(26-22(28)15-8-2-1-3-9-15)21-23-14-19(25-21)16-10-4-5-11-17(16)24-20/h4-5,10-11,14-15,18H,1-3,6-9,12-13H2,(H,23,25)(H,24,27)(H,26,28). The zero-order chi connectivity index (χ0) is 19.3. The molecule has 2 aromatic rings. The summed E-state index contributed by atoms with van der Waals surface area (Å²) < 4.78 is 0. The Hall–Kier alpha value is -2.63. The predicted octanol–water partition coefficient (Wildman–Crippen LogP) is 4.33. The normalized spacial score (nSPS) is 21.0. The molecular weight excluding hydrogens is 352 g/mol. The first-order valence-electron chi connectivity index (χ1n) is 10.5. The number of hydrogen-bond donors (Lipinski definition) is 3. The van der Waals surface area contributed by atoms with E-state index in [-0.39, 0.29) is 23.8 Å². The Morgan fingerprint density at radius 3 is 2.68 bits per heavy atom. The first-order valence-corrected chi connectivity index (χ1v) is 10.5. The lowest BCUT2D eigenvalue weighted by Gasteiger charge is -2.24. The lowest BCUT2D eigenvalue weighted by Crippen LogP contribution is -2.35. The molecule has 1 unspecified atom stereocenters. The SMILES string of the molecule is O=C1CCCCC(NC(=O)C2CCCCC2)c2nc(c[nH]2)-c2ccccc2N1. The Labute approximate surface area is 165 Å². The number of rotatable bonds is 2. The van der Waals surface area contributed by atoms with E-state index in [0.717, 1.165) is 67.7 Å². The minimum atomic E-state index is -0.141. The van der Waals surface area contributed by atoms with Crippen molar-refractivity contribution in [1.82, 2.24) is 15.3 Å². The van der Waals surface area contributed by atoms with Gasteiger partial charge in [-0.25, -0.2) is 4.98 Å². The molecule has 2 bridgehead atoms. The smallest absolute Gasteiger partial charge is 0.224 e. The average Bonchev–Trinajstić information content (AvgIpc) is 3.20. The largest absolute Gasteiger partial charge is 0.346 e. The van der Waals surface area contributed by atoms with E-state index in [1.807, 2.05) is 30.5 Å². The number of hydrogen-bond acceptors (Lipinski definition) is 3. The fourth-order valence-electron chi connectivity index (χ4n) is 4.25. The van der Waals surface area contributed by atoms with E-state index >= 15 is 0 Å². The number of fused-ring (bicyclic) bond motifs is 4. The molecule has 4 rings (SSSR count). The van der Waals surface area contributed by atoms with E-state index in [2.05, 4.69) is 15.6 Å². The fraction of sp³-hybridized carbons (Fsp3) is 0.500. The number of para-hydroxylation sites is 1. The van der Waals surface area contributed by atoms with Crippen molar-refractivity contribution in [2.24, 2.45) is 5.92 Å². The lowest BCUT2D eigenvalue weighted by molar-refractivity contribution is -0.126. The van der Waals surface area contributed by atoms with Gasteiger partial charge in [0.1, 0.15) is 5.82 Å². The third kappa shape index (κ3) is 4.26. The van der Waals surface area contributed by atoms with Gasteiger partial charge in [-0.15, -0.1) is 0 Å². The molecule has 0 spiro atoms. The van der Waals surface area contributed by atoms with Gasteiger partial charge in [-0.2, -0.15) is 0 Å². The minimum absolute atomic E-state index is 0.0200. The van der Waals surface area contributed by atoms with Crippen LogP contribution in [-0.4, -0.2) is 21.8 Å². The van der Waals surface area contributed by atoms with Crippen molar-refractivity contribution in [3.8, 4) is 11.3 Å². The number of anilines is 1. The molecule has 1 saturated carbocycles. The Bertz CT molecular complexity index is 839. The summed E-state index contributed by atoms with van der Waals surface area (Å²) in [7, 11) is 0. The maximum atomic E-state index is 12.8. The van der Waals surface area contributed by atoms with E-state index < -0.39 is 0 Å². The molecule has 2 amide bonds. The molecule has 148 valence electrons. The van der Waals surface area contributed by atoms with Crippen LogP contribution in [0.1, 0.15) is 69.7 Å². The molecule has 3 N–H and O–H groups in total. The van der Waals surface area contributed by atoms with Gasteiger partial charge < -0.3 is 15.6 Å². The quantitative estimate of drug-likeness (QED) is 0.725. The molecule has 2 aliphatic rings. The van der Waals surface area contributed by atoms with E-state index in [9.17, 15) is 9.59 Å². The maximum absolute atomic E-state index is 12.8. The highest BCUT2D eigenvalue weighted by atomic mass is 16.2. The minimum Gasteiger partial charge on any atom is -0.346 e. The van der Waals surface area contributed by atoms with Crippen LogP contribution in [0.3, 0.4) is 0 Å². The lowest BCUT2D eigenvalue weighted by atomic mass is 9.88. The van der Waals surface area contributed by atoms with Crippen LogP contribution < -0.4 is 10.6 Å². The summed E-state index contributed by atoms with van der Waals surface area (Å²) in [5.41, 5.74) is 2.44. The summed E-state index contributed by atoms with van der Waals surface area (Å²) >= 11 is 0. The molecule has 1 aromatic heterocycles. The Morgan fingerprint density at radius 2 is 1.82 bits per heavy atom. The molecule has 1 atom stereocenters. The van der Waals surface area contributed by atoms with Crippen molar-refractivity contribution < 1.29 is 9.59 Å². The summed E-state index contributed by atoms with van der Waals surface area (Å²) in [5.74, 6) is 1.08. The van der Waals surface area contributed by atoms with Crippen LogP contribution in [0.4, 0.5) is 5.69 Å². The average molecular weight is 380 g/mol. The van der Waals surface area contributed by atoms with Crippen molar-refractivity contribution in [3.05, 3.63) is 36.3 Å². The molecule has 28 heavy (non-hydrogen) atoms. The predicted molar refractivity (Wildman–Crippen MR) is 109 cm³/mol.